The first kappa shape index (κ1) is 16.4. The zero-order valence-electron chi connectivity index (χ0n) is 12.0. The summed E-state index contributed by atoms with van der Waals surface area (Å²) in [6, 6.07) is 0. The minimum Gasteiger partial charge on any atom is -0.463 e. The summed E-state index contributed by atoms with van der Waals surface area (Å²) in [6.07, 6.45) is 4.02. The molecule has 0 fully saturated rings. The number of aliphatic hydroxyl groups is 1. The minimum atomic E-state index is -0.592. The number of hydrogen-bond donors (Lipinski definition) is 1. The van der Waals surface area contributed by atoms with E-state index in [1.165, 1.54) is 12.8 Å². The van der Waals surface area contributed by atoms with Crippen LogP contribution < -0.4 is 0 Å². The zero-order valence-corrected chi connectivity index (χ0v) is 12.0. The van der Waals surface area contributed by atoms with Crippen molar-refractivity contribution in [3.63, 3.8) is 0 Å². The van der Waals surface area contributed by atoms with Crippen LogP contribution in [0, 0.1) is 11.3 Å². The molecule has 0 amide bonds. The van der Waals surface area contributed by atoms with Gasteiger partial charge in [-0.3, -0.25) is 4.79 Å². The van der Waals surface area contributed by atoms with Crippen LogP contribution in [0.5, 0.6) is 0 Å². The first-order valence-electron chi connectivity index (χ1n) is 6.67. The summed E-state index contributed by atoms with van der Waals surface area (Å²) in [5.41, 5.74) is -0.470. The summed E-state index contributed by atoms with van der Waals surface area (Å²) in [6.45, 7) is 9.82. The number of carbonyl (C=O) groups is 1. The third kappa shape index (κ3) is 6.06. The van der Waals surface area contributed by atoms with Crippen LogP contribution in [0.4, 0.5) is 0 Å². The number of hydrogen-bond acceptors (Lipinski definition) is 3. The Hall–Kier alpha value is -0.570. The van der Waals surface area contributed by atoms with E-state index in [4.69, 9.17) is 9.84 Å². The summed E-state index contributed by atoms with van der Waals surface area (Å²) < 4.78 is 5.11. The van der Waals surface area contributed by atoms with Crippen LogP contribution in [0.2, 0.25) is 0 Å². The molecule has 2 unspecified atom stereocenters. The third-order valence-electron chi connectivity index (χ3n) is 3.45. The van der Waals surface area contributed by atoms with Crippen LogP contribution in [-0.4, -0.2) is 23.8 Å². The van der Waals surface area contributed by atoms with Crippen LogP contribution in [0.15, 0.2) is 0 Å². The van der Waals surface area contributed by atoms with Crippen molar-refractivity contribution in [3.05, 3.63) is 0 Å². The van der Waals surface area contributed by atoms with E-state index in [-0.39, 0.29) is 12.6 Å². The van der Waals surface area contributed by atoms with Crippen LogP contribution in [-0.2, 0) is 9.53 Å². The van der Waals surface area contributed by atoms with Crippen molar-refractivity contribution < 1.29 is 14.6 Å². The number of unbranched alkanes of at least 4 members (excludes halogenated alkanes) is 2. The fourth-order valence-corrected chi connectivity index (χ4v) is 1.64. The SMILES string of the molecule is CCCCCC(C)C(C)(C)C(=O)OCC(C)O. The molecule has 3 nitrogen and oxygen atoms in total. The topological polar surface area (TPSA) is 46.5 Å². The minimum absolute atomic E-state index is 0.0872. The molecule has 0 aliphatic heterocycles. The van der Waals surface area contributed by atoms with E-state index in [0.29, 0.717) is 5.92 Å². The van der Waals surface area contributed by atoms with Gasteiger partial charge >= 0.3 is 5.97 Å². The normalized spacial score (nSPS) is 15.4. The predicted octanol–water partition coefficient (Wildman–Crippen LogP) is 3.15. The molecule has 0 aromatic rings. The van der Waals surface area contributed by atoms with Gasteiger partial charge < -0.3 is 9.84 Å². The number of carbonyl (C=O) groups excluding carboxylic acids is 1. The summed E-state index contributed by atoms with van der Waals surface area (Å²) in [7, 11) is 0. The van der Waals surface area contributed by atoms with Gasteiger partial charge in [0.15, 0.2) is 0 Å². The van der Waals surface area contributed by atoms with E-state index < -0.39 is 11.5 Å². The van der Waals surface area contributed by atoms with Crippen molar-refractivity contribution in [1.29, 1.82) is 0 Å². The zero-order chi connectivity index (χ0) is 13.5. The lowest BCUT2D eigenvalue weighted by molar-refractivity contribution is -0.159. The molecule has 0 heterocycles. The van der Waals surface area contributed by atoms with Gasteiger partial charge in [0.25, 0.3) is 0 Å². The lowest BCUT2D eigenvalue weighted by Gasteiger charge is -2.29. The van der Waals surface area contributed by atoms with E-state index in [1.54, 1.807) is 6.92 Å². The quantitative estimate of drug-likeness (QED) is 0.527. The van der Waals surface area contributed by atoms with Crippen molar-refractivity contribution in [2.24, 2.45) is 11.3 Å². The molecule has 0 aliphatic rings. The molecule has 0 bridgehead atoms. The van der Waals surface area contributed by atoms with Gasteiger partial charge in [-0.05, 0) is 33.1 Å². The van der Waals surface area contributed by atoms with Crippen LogP contribution in [0.3, 0.4) is 0 Å². The molecule has 1 N–H and O–H groups in total. The second-order valence-corrected chi connectivity index (χ2v) is 5.57. The fraction of sp³-hybridized carbons (Fsp3) is 0.929. The maximum Gasteiger partial charge on any atom is 0.311 e. The van der Waals surface area contributed by atoms with Gasteiger partial charge in [-0.15, -0.1) is 0 Å². The lowest BCUT2D eigenvalue weighted by Crippen LogP contribution is -2.34. The summed E-state index contributed by atoms with van der Waals surface area (Å²) >= 11 is 0. The van der Waals surface area contributed by atoms with E-state index in [0.717, 1.165) is 12.8 Å². The van der Waals surface area contributed by atoms with Crippen molar-refractivity contribution in [2.45, 2.75) is 66.4 Å². The summed E-state index contributed by atoms with van der Waals surface area (Å²) in [4.78, 5) is 11.9. The van der Waals surface area contributed by atoms with Crippen molar-refractivity contribution in [1.82, 2.24) is 0 Å². The van der Waals surface area contributed by atoms with Crippen molar-refractivity contribution in [2.75, 3.05) is 6.61 Å². The van der Waals surface area contributed by atoms with Gasteiger partial charge in [0.1, 0.15) is 6.61 Å². The van der Waals surface area contributed by atoms with Crippen LogP contribution in [0.25, 0.3) is 0 Å². The van der Waals surface area contributed by atoms with E-state index in [1.807, 2.05) is 13.8 Å². The molecule has 0 saturated carbocycles. The van der Waals surface area contributed by atoms with Gasteiger partial charge in [-0.25, -0.2) is 0 Å². The smallest absolute Gasteiger partial charge is 0.311 e. The molecule has 0 aromatic heterocycles. The number of aliphatic hydroxyl groups excluding tert-OH is 1. The van der Waals surface area contributed by atoms with Crippen LogP contribution in [0.1, 0.15) is 60.3 Å². The van der Waals surface area contributed by atoms with E-state index in [2.05, 4.69) is 13.8 Å². The van der Waals surface area contributed by atoms with Gasteiger partial charge in [-0.1, -0.05) is 33.1 Å². The highest BCUT2D eigenvalue weighted by atomic mass is 16.5. The molecule has 2 atom stereocenters. The average Bonchev–Trinajstić information content (AvgIpc) is 2.25. The Morgan fingerprint density at radius 3 is 2.35 bits per heavy atom. The largest absolute Gasteiger partial charge is 0.463 e. The first-order chi connectivity index (χ1) is 7.82. The first-order valence-corrected chi connectivity index (χ1v) is 6.67. The average molecular weight is 244 g/mol. The second-order valence-electron chi connectivity index (χ2n) is 5.57. The maximum atomic E-state index is 11.9. The lowest BCUT2D eigenvalue weighted by atomic mass is 9.77. The molecular weight excluding hydrogens is 216 g/mol. The number of esters is 1. The predicted molar refractivity (Wildman–Crippen MR) is 69.7 cm³/mol. The highest BCUT2D eigenvalue weighted by Gasteiger charge is 2.35. The monoisotopic (exact) mass is 244 g/mol. The fourth-order valence-electron chi connectivity index (χ4n) is 1.64. The van der Waals surface area contributed by atoms with E-state index in [9.17, 15) is 4.79 Å². The molecule has 3 heteroatoms. The van der Waals surface area contributed by atoms with Gasteiger partial charge in [-0.2, -0.15) is 0 Å². The molecule has 0 aromatic carbocycles. The number of rotatable bonds is 8. The summed E-state index contributed by atoms with van der Waals surface area (Å²) in [5.74, 6) is 0.0953. The highest BCUT2D eigenvalue weighted by molar-refractivity contribution is 5.76. The van der Waals surface area contributed by atoms with Crippen LogP contribution >= 0.6 is 0 Å². The molecule has 102 valence electrons. The van der Waals surface area contributed by atoms with Gasteiger partial charge in [0.2, 0.25) is 0 Å². The summed E-state index contributed by atoms with van der Waals surface area (Å²) in [5, 5.41) is 9.10. The molecule has 0 aliphatic carbocycles. The van der Waals surface area contributed by atoms with Gasteiger partial charge in [0, 0.05) is 0 Å². The molecule has 0 radical (unpaired) electrons. The Labute approximate surface area is 106 Å². The van der Waals surface area contributed by atoms with Crippen molar-refractivity contribution >= 4 is 5.97 Å². The Morgan fingerprint density at radius 2 is 1.88 bits per heavy atom. The maximum absolute atomic E-state index is 11.9. The highest BCUT2D eigenvalue weighted by Crippen LogP contribution is 2.32. The Kier molecular flexibility index (Phi) is 7.44. The molecule has 0 saturated heterocycles. The Morgan fingerprint density at radius 1 is 1.29 bits per heavy atom. The Bertz CT molecular complexity index is 222. The Balaban J connectivity index is 4.17. The molecular formula is C14H28O3. The van der Waals surface area contributed by atoms with Gasteiger partial charge in [0.05, 0.1) is 11.5 Å². The van der Waals surface area contributed by atoms with E-state index >= 15 is 0 Å². The third-order valence-corrected chi connectivity index (χ3v) is 3.45. The number of ether oxygens (including phenoxy) is 1. The standard InChI is InChI=1S/C14H28O3/c1-6-7-8-9-11(2)14(4,5)13(16)17-10-12(3)15/h11-12,15H,6-10H2,1-5H3. The molecule has 0 rings (SSSR count). The molecule has 17 heavy (non-hydrogen) atoms. The second kappa shape index (κ2) is 7.70. The van der Waals surface area contributed by atoms with Crippen molar-refractivity contribution in [3.8, 4) is 0 Å². The molecule has 0 spiro atoms.